The van der Waals surface area contributed by atoms with Gasteiger partial charge in [-0.25, -0.2) is 4.98 Å². The molecule has 0 aliphatic rings. The molecule has 5 nitrogen and oxygen atoms in total. The van der Waals surface area contributed by atoms with Gasteiger partial charge in [0.2, 0.25) is 0 Å². The van der Waals surface area contributed by atoms with E-state index in [0.717, 1.165) is 5.82 Å². The highest BCUT2D eigenvalue weighted by molar-refractivity contribution is 7.10. The van der Waals surface area contributed by atoms with E-state index in [1.807, 2.05) is 25.2 Å². The van der Waals surface area contributed by atoms with Gasteiger partial charge in [0.15, 0.2) is 5.84 Å². The highest BCUT2D eigenvalue weighted by Crippen LogP contribution is 2.26. The Morgan fingerprint density at radius 3 is 2.84 bits per heavy atom. The van der Waals surface area contributed by atoms with E-state index in [9.17, 15) is 0 Å². The molecule has 0 aliphatic carbocycles. The molecule has 0 spiro atoms. The van der Waals surface area contributed by atoms with E-state index in [-0.39, 0.29) is 11.9 Å². The van der Waals surface area contributed by atoms with E-state index >= 15 is 0 Å². The summed E-state index contributed by atoms with van der Waals surface area (Å²) in [5, 5.41) is 13.7. The number of hydrogen-bond acceptors (Lipinski definition) is 5. The van der Waals surface area contributed by atoms with Crippen molar-refractivity contribution < 1.29 is 5.21 Å². The number of nitrogens with zero attached hydrogens (tertiary/aromatic N) is 3. The lowest BCUT2D eigenvalue weighted by molar-refractivity contribution is 0.318. The molecule has 0 saturated carbocycles. The van der Waals surface area contributed by atoms with Gasteiger partial charge in [-0.1, -0.05) is 17.3 Å². The van der Waals surface area contributed by atoms with Crippen LogP contribution in [0.1, 0.15) is 23.5 Å². The van der Waals surface area contributed by atoms with Gasteiger partial charge < -0.3 is 15.8 Å². The van der Waals surface area contributed by atoms with E-state index in [1.165, 1.54) is 4.88 Å². The Morgan fingerprint density at radius 2 is 2.21 bits per heavy atom. The summed E-state index contributed by atoms with van der Waals surface area (Å²) < 4.78 is 0. The van der Waals surface area contributed by atoms with Gasteiger partial charge in [0, 0.05) is 11.9 Å². The average Bonchev–Trinajstić information content (AvgIpc) is 2.99. The van der Waals surface area contributed by atoms with Crippen LogP contribution >= 0.6 is 11.3 Å². The first-order valence-electron chi connectivity index (χ1n) is 5.84. The number of nitrogens with two attached hydrogens (primary N) is 1. The molecule has 2 rings (SSSR count). The van der Waals surface area contributed by atoms with Crippen molar-refractivity contribution in [3.63, 3.8) is 0 Å². The maximum absolute atomic E-state index is 8.69. The first-order chi connectivity index (χ1) is 9.13. The molecule has 0 amide bonds. The molecule has 2 aromatic rings. The zero-order valence-corrected chi connectivity index (χ0v) is 11.6. The second-order valence-electron chi connectivity index (χ2n) is 4.17. The van der Waals surface area contributed by atoms with Gasteiger partial charge >= 0.3 is 0 Å². The number of anilines is 1. The first-order valence-corrected chi connectivity index (χ1v) is 6.72. The van der Waals surface area contributed by atoms with Crippen molar-refractivity contribution >= 4 is 23.0 Å². The fraction of sp³-hybridized carbons (Fsp3) is 0.231. The molecule has 1 unspecified atom stereocenters. The molecule has 3 N–H and O–H groups in total. The standard InChI is InChI=1S/C13H16N4OS/c1-9(11-6-4-8-19-11)17(2)12-7-3-5-10(15-12)13(14)16-18/h3-9,18H,1-2H3,(H2,14,16). The van der Waals surface area contributed by atoms with Gasteiger partial charge in [-0.3, -0.25) is 0 Å². The van der Waals surface area contributed by atoms with Crippen LogP contribution in [0.15, 0.2) is 40.9 Å². The van der Waals surface area contributed by atoms with Crippen LogP contribution < -0.4 is 10.6 Å². The van der Waals surface area contributed by atoms with Gasteiger partial charge in [-0.2, -0.15) is 0 Å². The molecular weight excluding hydrogens is 260 g/mol. The van der Waals surface area contributed by atoms with Gasteiger partial charge in [0.25, 0.3) is 0 Å². The van der Waals surface area contributed by atoms with Crippen LogP contribution in [0.2, 0.25) is 0 Å². The smallest absolute Gasteiger partial charge is 0.188 e. The number of oxime groups is 1. The molecule has 2 aromatic heterocycles. The predicted octanol–water partition coefficient (Wildman–Crippen LogP) is 2.43. The summed E-state index contributed by atoms with van der Waals surface area (Å²) in [6, 6.07) is 9.80. The lowest BCUT2D eigenvalue weighted by Crippen LogP contribution is -2.23. The molecule has 2 heterocycles. The molecular formula is C13H16N4OS. The predicted molar refractivity (Wildman–Crippen MR) is 77.9 cm³/mol. The monoisotopic (exact) mass is 276 g/mol. The normalized spacial score (nSPS) is 13.3. The summed E-state index contributed by atoms with van der Waals surface area (Å²) in [6.45, 7) is 2.11. The summed E-state index contributed by atoms with van der Waals surface area (Å²) in [7, 11) is 1.97. The third kappa shape index (κ3) is 2.85. The minimum absolute atomic E-state index is 0.0130. The highest BCUT2D eigenvalue weighted by atomic mass is 32.1. The zero-order valence-electron chi connectivity index (χ0n) is 10.8. The zero-order chi connectivity index (χ0) is 13.8. The molecule has 6 heteroatoms. The Bertz CT molecular complexity index is 568. The number of rotatable bonds is 4. The van der Waals surface area contributed by atoms with Crippen LogP contribution in [0.3, 0.4) is 0 Å². The van der Waals surface area contributed by atoms with Crippen LogP contribution in [-0.4, -0.2) is 23.1 Å². The summed E-state index contributed by atoms with van der Waals surface area (Å²) >= 11 is 1.71. The summed E-state index contributed by atoms with van der Waals surface area (Å²) in [5.41, 5.74) is 6.02. The average molecular weight is 276 g/mol. The van der Waals surface area contributed by atoms with Crippen molar-refractivity contribution in [2.24, 2.45) is 10.9 Å². The summed E-state index contributed by atoms with van der Waals surface area (Å²) in [4.78, 5) is 7.71. The number of thiophene rings is 1. The molecule has 100 valence electrons. The fourth-order valence-electron chi connectivity index (χ4n) is 1.73. The number of pyridine rings is 1. The largest absolute Gasteiger partial charge is 0.409 e. The first kappa shape index (κ1) is 13.4. The topological polar surface area (TPSA) is 74.7 Å². The quantitative estimate of drug-likeness (QED) is 0.389. The van der Waals surface area contributed by atoms with Crippen molar-refractivity contribution in [1.82, 2.24) is 4.98 Å². The molecule has 0 bridgehead atoms. The van der Waals surface area contributed by atoms with Crippen LogP contribution in [0.4, 0.5) is 5.82 Å². The lowest BCUT2D eigenvalue weighted by atomic mass is 10.2. The Labute approximate surface area is 116 Å². The second kappa shape index (κ2) is 5.71. The van der Waals surface area contributed by atoms with Gasteiger partial charge in [0.05, 0.1) is 6.04 Å². The number of aromatic nitrogens is 1. The number of amidine groups is 1. The van der Waals surface area contributed by atoms with Crippen LogP contribution in [0.25, 0.3) is 0 Å². The maximum atomic E-state index is 8.69. The van der Waals surface area contributed by atoms with Gasteiger partial charge in [-0.15, -0.1) is 11.3 Å². The van der Waals surface area contributed by atoms with Crippen LogP contribution in [0.5, 0.6) is 0 Å². The van der Waals surface area contributed by atoms with Crippen molar-refractivity contribution in [3.8, 4) is 0 Å². The molecule has 0 fully saturated rings. The Morgan fingerprint density at radius 1 is 1.42 bits per heavy atom. The lowest BCUT2D eigenvalue weighted by Gasteiger charge is -2.25. The Kier molecular flexibility index (Phi) is 4.01. The molecule has 0 saturated heterocycles. The Balaban J connectivity index is 2.26. The molecule has 0 radical (unpaired) electrons. The summed E-state index contributed by atoms with van der Waals surface area (Å²) in [6.07, 6.45) is 0. The summed E-state index contributed by atoms with van der Waals surface area (Å²) in [5.74, 6) is 0.795. The van der Waals surface area contributed by atoms with Crippen LogP contribution in [0, 0.1) is 0 Å². The second-order valence-corrected chi connectivity index (χ2v) is 5.15. The third-order valence-electron chi connectivity index (χ3n) is 3.00. The van der Waals surface area contributed by atoms with Crippen molar-refractivity contribution in [2.45, 2.75) is 13.0 Å². The molecule has 0 aromatic carbocycles. The van der Waals surface area contributed by atoms with Gasteiger partial charge in [0.1, 0.15) is 11.5 Å². The fourth-order valence-corrected chi connectivity index (χ4v) is 2.56. The minimum Gasteiger partial charge on any atom is -0.409 e. The molecule has 19 heavy (non-hydrogen) atoms. The van der Waals surface area contributed by atoms with E-state index in [0.29, 0.717) is 5.69 Å². The molecule has 0 aliphatic heterocycles. The van der Waals surface area contributed by atoms with Crippen molar-refractivity contribution in [2.75, 3.05) is 11.9 Å². The molecule has 1 atom stereocenters. The Hall–Kier alpha value is -2.08. The van der Waals surface area contributed by atoms with E-state index in [2.05, 4.69) is 33.4 Å². The van der Waals surface area contributed by atoms with Crippen molar-refractivity contribution in [3.05, 3.63) is 46.3 Å². The van der Waals surface area contributed by atoms with Crippen LogP contribution in [-0.2, 0) is 0 Å². The van der Waals surface area contributed by atoms with Crippen molar-refractivity contribution in [1.29, 1.82) is 0 Å². The third-order valence-corrected chi connectivity index (χ3v) is 4.04. The maximum Gasteiger partial charge on any atom is 0.188 e. The van der Waals surface area contributed by atoms with Gasteiger partial charge in [-0.05, 0) is 30.5 Å². The SMILES string of the molecule is CC(c1cccs1)N(C)c1cccc(C(N)=NO)n1. The van der Waals surface area contributed by atoms with E-state index < -0.39 is 0 Å². The number of hydrogen-bond donors (Lipinski definition) is 2. The highest BCUT2D eigenvalue weighted by Gasteiger charge is 2.15. The minimum atomic E-state index is 0.0130. The van der Waals surface area contributed by atoms with E-state index in [1.54, 1.807) is 17.4 Å². The van der Waals surface area contributed by atoms with E-state index in [4.69, 9.17) is 10.9 Å².